The molecule has 1 aromatic rings. The first-order valence-electron chi connectivity index (χ1n) is 8.39. The van der Waals surface area contributed by atoms with Crippen LogP contribution >= 0.6 is 0 Å². The molecule has 0 amide bonds. The van der Waals surface area contributed by atoms with Crippen LogP contribution in [0.1, 0.15) is 41.6 Å². The van der Waals surface area contributed by atoms with Crippen LogP contribution in [-0.4, -0.2) is 43.7 Å². The van der Waals surface area contributed by atoms with Gasteiger partial charge >= 0.3 is 5.97 Å². The quantitative estimate of drug-likeness (QED) is 0.868. The second-order valence-electron chi connectivity index (χ2n) is 6.50. The van der Waals surface area contributed by atoms with E-state index < -0.39 is 0 Å². The summed E-state index contributed by atoms with van der Waals surface area (Å²) in [4.78, 5) is 14.0. The van der Waals surface area contributed by atoms with Gasteiger partial charge in [-0.1, -0.05) is 12.1 Å². The predicted octanol–water partition coefficient (Wildman–Crippen LogP) is 2.44. The summed E-state index contributed by atoms with van der Waals surface area (Å²) in [6.07, 6.45) is 5.31. The van der Waals surface area contributed by atoms with E-state index in [0.717, 1.165) is 18.5 Å². The molecule has 1 atom stereocenters. The average molecular weight is 302 g/mol. The van der Waals surface area contributed by atoms with Crippen LogP contribution in [0.3, 0.4) is 0 Å². The molecule has 0 aromatic heterocycles. The molecule has 1 N–H and O–H groups in total. The number of hydrogen-bond donors (Lipinski definition) is 1. The number of carbonyl (C=O) groups is 1. The lowest BCUT2D eigenvalue weighted by Crippen LogP contribution is -2.40. The van der Waals surface area contributed by atoms with Crippen molar-refractivity contribution in [1.29, 1.82) is 0 Å². The maximum Gasteiger partial charge on any atom is 0.337 e. The van der Waals surface area contributed by atoms with Gasteiger partial charge < -0.3 is 10.1 Å². The van der Waals surface area contributed by atoms with Gasteiger partial charge in [0, 0.05) is 12.6 Å². The van der Waals surface area contributed by atoms with Crippen LogP contribution in [-0.2, 0) is 11.3 Å². The van der Waals surface area contributed by atoms with Gasteiger partial charge in [-0.05, 0) is 68.9 Å². The molecule has 4 nitrogen and oxygen atoms in total. The normalized spacial score (nSPS) is 23.6. The molecule has 0 radical (unpaired) electrons. The number of hydrogen-bond acceptors (Lipinski definition) is 4. The first kappa shape index (κ1) is 15.5. The summed E-state index contributed by atoms with van der Waals surface area (Å²) in [5.74, 6) is 0.594. The van der Waals surface area contributed by atoms with Gasteiger partial charge in [-0.25, -0.2) is 4.79 Å². The number of nitrogens with zero attached hydrogens (tertiary/aromatic N) is 1. The first-order valence-corrected chi connectivity index (χ1v) is 8.39. The Morgan fingerprint density at radius 1 is 1.23 bits per heavy atom. The van der Waals surface area contributed by atoms with Gasteiger partial charge in [0.1, 0.15) is 0 Å². The second kappa shape index (κ2) is 7.25. The summed E-state index contributed by atoms with van der Waals surface area (Å²) in [5.41, 5.74) is 1.89. The number of ether oxygens (including phenoxy) is 1. The minimum atomic E-state index is -0.267. The molecule has 120 valence electrons. The third-order valence-corrected chi connectivity index (χ3v) is 5.08. The third kappa shape index (κ3) is 3.68. The fraction of sp³-hybridized carbons (Fsp3) is 0.611. The maximum absolute atomic E-state index is 11.4. The van der Waals surface area contributed by atoms with Crippen molar-refractivity contribution < 1.29 is 9.53 Å². The smallest absolute Gasteiger partial charge is 0.337 e. The van der Waals surface area contributed by atoms with Crippen molar-refractivity contribution in [3.05, 3.63) is 35.4 Å². The lowest BCUT2D eigenvalue weighted by atomic mass is 9.88. The molecule has 0 aliphatic carbocycles. The van der Waals surface area contributed by atoms with Gasteiger partial charge in [0.2, 0.25) is 0 Å². The van der Waals surface area contributed by atoms with E-state index in [1.165, 1.54) is 58.0 Å². The highest BCUT2D eigenvalue weighted by atomic mass is 16.5. The highest BCUT2D eigenvalue weighted by Gasteiger charge is 2.28. The molecular weight excluding hydrogens is 276 g/mol. The Hall–Kier alpha value is -1.39. The van der Waals surface area contributed by atoms with E-state index in [1.807, 2.05) is 24.3 Å². The van der Waals surface area contributed by atoms with Crippen LogP contribution in [0.5, 0.6) is 0 Å². The highest BCUT2D eigenvalue weighted by Crippen LogP contribution is 2.26. The second-order valence-corrected chi connectivity index (χ2v) is 6.50. The molecule has 4 heteroatoms. The van der Waals surface area contributed by atoms with Crippen LogP contribution in [0, 0.1) is 5.92 Å². The van der Waals surface area contributed by atoms with Gasteiger partial charge in [0.15, 0.2) is 0 Å². The molecule has 2 aliphatic heterocycles. The van der Waals surface area contributed by atoms with Crippen molar-refractivity contribution in [3.8, 4) is 0 Å². The van der Waals surface area contributed by atoms with Crippen LogP contribution in [0.15, 0.2) is 24.3 Å². The zero-order valence-electron chi connectivity index (χ0n) is 13.4. The average Bonchev–Trinajstić information content (AvgIpc) is 3.10. The topological polar surface area (TPSA) is 41.6 Å². The number of piperidine rings is 1. The number of rotatable bonds is 4. The SMILES string of the molecule is COC(=O)c1ccc(CN2CCC(C3CCCN3)CC2)cc1. The van der Waals surface area contributed by atoms with E-state index in [4.69, 9.17) is 4.74 Å². The molecule has 2 heterocycles. The minimum Gasteiger partial charge on any atom is -0.465 e. The molecule has 1 unspecified atom stereocenters. The van der Waals surface area contributed by atoms with Gasteiger partial charge in [-0.15, -0.1) is 0 Å². The fourth-order valence-electron chi connectivity index (χ4n) is 3.75. The van der Waals surface area contributed by atoms with Crippen molar-refractivity contribution >= 4 is 5.97 Å². The van der Waals surface area contributed by atoms with Gasteiger partial charge in [-0.2, -0.15) is 0 Å². The van der Waals surface area contributed by atoms with E-state index >= 15 is 0 Å². The standard InChI is InChI=1S/C18H26N2O2/c1-22-18(21)16-6-4-14(5-7-16)13-20-11-8-15(9-12-20)17-3-2-10-19-17/h4-7,15,17,19H,2-3,8-13H2,1H3. The molecule has 2 fully saturated rings. The fourth-order valence-corrected chi connectivity index (χ4v) is 3.75. The Kier molecular flexibility index (Phi) is 5.11. The number of nitrogens with one attached hydrogen (secondary N) is 1. The number of esters is 1. The lowest BCUT2D eigenvalue weighted by molar-refractivity contribution is 0.0600. The number of carbonyl (C=O) groups excluding carboxylic acids is 1. The monoisotopic (exact) mass is 302 g/mol. The largest absolute Gasteiger partial charge is 0.465 e. The molecule has 2 saturated heterocycles. The van der Waals surface area contributed by atoms with Crippen LogP contribution in [0.4, 0.5) is 0 Å². The Morgan fingerprint density at radius 3 is 2.55 bits per heavy atom. The van der Waals surface area contributed by atoms with E-state index in [2.05, 4.69) is 10.2 Å². The number of methoxy groups -OCH3 is 1. The van der Waals surface area contributed by atoms with E-state index in [1.54, 1.807) is 0 Å². The molecule has 22 heavy (non-hydrogen) atoms. The lowest BCUT2D eigenvalue weighted by Gasteiger charge is -2.34. The summed E-state index contributed by atoms with van der Waals surface area (Å²) in [5, 5.41) is 3.65. The molecular formula is C18H26N2O2. The Bertz CT molecular complexity index is 486. The predicted molar refractivity (Wildman–Crippen MR) is 86.8 cm³/mol. The minimum absolute atomic E-state index is 0.267. The zero-order valence-corrected chi connectivity index (χ0v) is 13.4. The van der Waals surface area contributed by atoms with Gasteiger partial charge in [-0.3, -0.25) is 4.90 Å². The van der Waals surface area contributed by atoms with Gasteiger partial charge in [0.05, 0.1) is 12.7 Å². The van der Waals surface area contributed by atoms with Gasteiger partial charge in [0.25, 0.3) is 0 Å². The summed E-state index contributed by atoms with van der Waals surface area (Å²) < 4.78 is 4.73. The number of likely N-dealkylation sites (tertiary alicyclic amines) is 1. The Morgan fingerprint density at radius 2 is 1.95 bits per heavy atom. The van der Waals surface area contributed by atoms with E-state index in [-0.39, 0.29) is 5.97 Å². The molecule has 0 saturated carbocycles. The van der Waals surface area contributed by atoms with Crippen molar-refractivity contribution in [3.63, 3.8) is 0 Å². The van der Waals surface area contributed by atoms with Crippen molar-refractivity contribution in [1.82, 2.24) is 10.2 Å². The van der Waals surface area contributed by atoms with Crippen molar-refractivity contribution in [2.75, 3.05) is 26.7 Å². The van der Waals surface area contributed by atoms with Crippen LogP contribution in [0.2, 0.25) is 0 Å². The first-order chi connectivity index (χ1) is 10.8. The Labute approximate surface area is 132 Å². The van der Waals surface area contributed by atoms with Crippen molar-refractivity contribution in [2.24, 2.45) is 5.92 Å². The number of benzene rings is 1. The van der Waals surface area contributed by atoms with Crippen molar-refractivity contribution in [2.45, 2.75) is 38.3 Å². The Balaban J connectivity index is 1.49. The van der Waals surface area contributed by atoms with Crippen LogP contribution < -0.4 is 5.32 Å². The summed E-state index contributed by atoms with van der Waals surface area (Å²) in [6.45, 7) is 4.55. The molecule has 3 rings (SSSR count). The maximum atomic E-state index is 11.4. The van der Waals surface area contributed by atoms with E-state index in [9.17, 15) is 4.79 Å². The van der Waals surface area contributed by atoms with E-state index in [0.29, 0.717) is 5.56 Å². The summed E-state index contributed by atoms with van der Waals surface area (Å²) in [6, 6.07) is 8.56. The molecule has 0 bridgehead atoms. The summed E-state index contributed by atoms with van der Waals surface area (Å²) in [7, 11) is 1.42. The molecule has 0 spiro atoms. The third-order valence-electron chi connectivity index (χ3n) is 5.08. The molecule has 1 aromatic carbocycles. The molecule has 2 aliphatic rings. The van der Waals surface area contributed by atoms with Crippen LogP contribution in [0.25, 0.3) is 0 Å². The summed E-state index contributed by atoms with van der Waals surface area (Å²) >= 11 is 0. The zero-order chi connectivity index (χ0) is 15.4. The highest BCUT2D eigenvalue weighted by molar-refractivity contribution is 5.89.